The summed E-state index contributed by atoms with van der Waals surface area (Å²) in [6, 6.07) is 0. The summed E-state index contributed by atoms with van der Waals surface area (Å²) in [5.74, 6) is 1.82. The van der Waals surface area contributed by atoms with Gasteiger partial charge in [-0.1, -0.05) is 13.8 Å². The van der Waals surface area contributed by atoms with E-state index in [-0.39, 0.29) is 0 Å². The van der Waals surface area contributed by atoms with Gasteiger partial charge in [0.2, 0.25) is 0 Å². The average Bonchev–Trinajstić information content (AvgIpc) is 2.35. The van der Waals surface area contributed by atoms with Gasteiger partial charge in [0.1, 0.15) is 11.6 Å². The van der Waals surface area contributed by atoms with Crippen LogP contribution < -0.4 is 5.73 Å². The number of nitrogens with two attached hydrogens (primary N) is 1. The number of aromatic nitrogens is 2. The van der Waals surface area contributed by atoms with Crippen LogP contribution in [-0.4, -0.2) is 17.1 Å². The second-order valence-electron chi connectivity index (χ2n) is 6.10. The van der Waals surface area contributed by atoms with Crippen LogP contribution in [-0.2, 0) is 11.3 Å². The number of nitrogen functional groups attached to an aromatic ring is 1. The summed E-state index contributed by atoms with van der Waals surface area (Å²) in [4.78, 5) is 9.08. The van der Waals surface area contributed by atoms with Gasteiger partial charge in [-0.15, -0.1) is 0 Å². The van der Waals surface area contributed by atoms with Gasteiger partial charge in [0.15, 0.2) is 0 Å². The van der Waals surface area contributed by atoms with Gasteiger partial charge in [-0.2, -0.15) is 0 Å². The monoisotopic (exact) mass is 327 g/mol. The summed E-state index contributed by atoms with van der Waals surface area (Å²) < 4.78 is 5.92. The molecule has 0 saturated heterocycles. The van der Waals surface area contributed by atoms with Gasteiger partial charge in [0.05, 0.1) is 16.8 Å². The van der Waals surface area contributed by atoms with E-state index in [0.717, 1.165) is 28.8 Å². The van der Waals surface area contributed by atoms with E-state index in [0.29, 0.717) is 23.8 Å². The van der Waals surface area contributed by atoms with E-state index in [1.54, 1.807) is 7.11 Å². The minimum atomic E-state index is 0.430. The molecule has 1 fully saturated rings. The van der Waals surface area contributed by atoms with Gasteiger partial charge in [-0.25, -0.2) is 9.97 Å². The SMILES string of the molecule is COCc1nc(C2CCC(C)(C)CC2)nc(N)c1Br. The summed E-state index contributed by atoms with van der Waals surface area (Å²) in [5, 5.41) is 0. The maximum absolute atomic E-state index is 5.96. The van der Waals surface area contributed by atoms with Crippen LogP contribution in [0, 0.1) is 5.41 Å². The molecular weight excluding hydrogens is 306 g/mol. The van der Waals surface area contributed by atoms with Crippen LogP contribution in [0.15, 0.2) is 4.47 Å². The third-order valence-electron chi connectivity index (χ3n) is 3.95. The Morgan fingerprint density at radius 3 is 2.53 bits per heavy atom. The molecule has 1 aromatic rings. The Kier molecular flexibility index (Phi) is 4.46. The normalized spacial score (nSPS) is 19.6. The number of ether oxygens (including phenoxy) is 1. The molecule has 0 aromatic carbocycles. The standard InChI is InChI=1S/C14H22BrN3O/c1-14(2)6-4-9(5-7-14)13-17-10(8-19-3)11(15)12(16)18-13/h9H,4-8H2,1-3H3,(H2,16,17,18). The lowest BCUT2D eigenvalue weighted by atomic mass is 9.73. The Hall–Kier alpha value is -0.680. The first-order chi connectivity index (χ1) is 8.93. The Balaban J connectivity index is 2.21. The largest absolute Gasteiger partial charge is 0.383 e. The van der Waals surface area contributed by atoms with Gasteiger partial charge in [0, 0.05) is 13.0 Å². The molecule has 4 nitrogen and oxygen atoms in total. The summed E-state index contributed by atoms with van der Waals surface area (Å²) in [7, 11) is 1.66. The number of methoxy groups -OCH3 is 1. The van der Waals surface area contributed by atoms with Crippen LogP contribution in [0.25, 0.3) is 0 Å². The van der Waals surface area contributed by atoms with Crippen molar-refractivity contribution in [2.24, 2.45) is 5.41 Å². The van der Waals surface area contributed by atoms with Crippen molar-refractivity contribution < 1.29 is 4.74 Å². The lowest BCUT2D eigenvalue weighted by molar-refractivity contribution is 0.179. The van der Waals surface area contributed by atoms with Crippen LogP contribution in [0.4, 0.5) is 5.82 Å². The van der Waals surface area contributed by atoms with E-state index in [1.807, 2.05) is 0 Å². The number of nitrogens with zero attached hydrogens (tertiary/aromatic N) is 2. The van der Waals surface area contributed by atoms with Crippen molar-refractivity contribution in [1.82, 2.24) is 9.97 Å². The van der Waals surface area contributed by atoms with E-state index in [2.05, 4.69) is 39.7 Å². The summed E-state index contributed by atoms with van der Waals surface area (Å²) in [6.45, 7) is 5.12. The van der Waals surface area contributed by atoms with Crippen molar-refractivity contribution >= 4 is 21.7 Å². The molecule has 0 spiro atoms. The molecule has 2 rings (SSSR count). The lowest BCUT2D eigenvalue weighted by Gasteiger charge is -2.33. The zero-order valence-corrected chi connectivity index (χ0v) is 13.5. The van der Waals surface area contributed by atoms with Gasteiger partial charge in [-0.3, -0.25) is 0 Å². The van der Waals surface area contributed by atoms with Crippen molar-refractivity contribution in [3.63, 3.8) is 0 Å². The highest BCUT2D eigenvalue weighted by molar-refractivity contribution is 9.10. The Morgan fingerprint density at radius 2 is 1.95 bits per heavy atom. The summed E-state index contributed by atoms with van der Waals surface area (Å²) in [6.07, 6.45) is 4.72. The Labute approximate surface area is 123 Å². The molecule has 0 bridgehead atoms. The molecule has 0 aliphatic heterocycles. The predicted octanol–water partition coefficient (Wildman–Crippen LogP) is 3.65. The van der Waals surface area contributed by atoms with Crippen molar-refractivity contribution in [3.8, 4) is 0 Å². The summed E-state index contributed by atoms with van der Waals surface area (Å²) in [5.41, 5.74) is 7.25. The molecular formula is C14H22BrN3O. The van der Waals surface area contributed by atoms with Gasteiger partial charge >= 0.3 is 0 Å². The molecule has 1 saturated carbocycles. The molecule has 5 heteroatoms. The first-order valence-corrected chi connectivity index (χ1v) is 7.53. The molecule has 2 N–H and O–H groups in total. The van der Waals surface area contributed by atoms with Crippen LogP contribution >= 0.6 is 15.9 Å². The minimum absolute atomic E-state index is 0.430. The third-order valence-corrected chi connectivity index (χ3v) is 4.81. The lowest BCUT2D eigenvalue weighted by Crippen LogP contribution is -2.22. The van der Waals surface area contributed by atoms with Crippen molar-refractivity contribution in [2.45, 2.75) is 52.1 Å². The van der Waals surface area contributed by atoms with Gasteiger partial charge in [-0.05, 0) is 47.0 Å². The van der Waals surface area contributed by atoms with Crippen LogP contribution in [0.1, 0.15) is 57.0 Å². The minimum Gasteiger partial charge on any atom is -0.383 e. The molecule has 0 amide bonds. The molecule has 1 heterocycles. The van der Waals surface area contributed by atoms with Crippen molar-refractivity contribution in [1.29, 1.82) is 0 Å². The number of halogens is 1. The topological polar surface area (TPSA) is 61.0 Å². The fourth-order valence-corrected chi connectivity index (χ4v) is 2.90. The van der Waals surface area contributed by atoms with Crippen molar-refractivity contribution in [2.75, 3.05) is 12.8 Å². The molecule has 1 aliphatic rings. The molecule has 1 aliphatic carbocycles. The number of hydrogen-bond donors (Lipinski definition) is 1. The van der Waals surface area contributed by atoms with E-state index in [4.69, 9.17) is 10.5 Å². The van der Waals surface area contributed by atoms with E-state index in [1.165, 1.54) is 12.8 Å². The van der Waals surface area contributed by atoms with Gasteiger partial charge in [0.25, 0.3) is 0 Å². The van der Waals surface area contributed by atoms with Gasteiger partial charge < -0.3 is 10.5 Å². The fraction of sp³-hybridized carbons (Fsp3) is 0.714. The smallest absolute Gasteiger partial charge is 0.141 e. The van der Waals surface area contributed by atoms with Crippen LogP contribution in [0.2, 0.25) is 0 Å². The molecule has 106 valence electrons. The zero-order chi connectivity index (χ0) is 14.0. The first-order valence-electron chi connectivity index (χ1n) is 6.73. The van der Waals surface area contributed by atoms with E-state index in [9.17, 15) is 0 Å². The summed E-state index contributed by atoms with van der Waals surface area (Å²) >= 11 is 3.43. The molecule has 0 atom stereocenters. The second kappa shape index (κ2) is 5.75. The predicted molar refractivity (Wildman–Crippen MR) is 79.8 cm³/mol. The molecule has 19 heavy (non-hydrogen) atoms. The highest BCUT2D eigenvalue weighted by atomic mass is 79.9. The third kappa shape index (κ3) is 3.45. The number of rotatable bonds is 3. The Bertz CT molecular complexity index is 452. The molecule has 0 unspecified atom stereocenters. The van der Waals surface area contributed by atoms with Crippen LogP contribution in [0.5, 0.6) is 0 Å². The quantitative estimate of drug-likeness (QED) is 0.920. The Morgan fingerprint density at radius 1 is 1.32 bits per heavy atom. The maximum atomic E-state index is 5.96. The molecule has 0 radical (unpaired) electrons. The van der Waals surface area contributed by atoms with E-state index >= 15 is 0 Å². The highest BCUT2D eigenvalue weighted by Crippen LogP contribution is 2.42. The van der Waals surface area contributed by atoms with Crippen molar-refractivity contribution in [3.05, 3.63) is 16.0 Å². The zero-order valence-electron chi connectivity index (χ0n) is 11.9. The molecule has 1 aromatic heterocycles. The fourth-order valence-electron chi connectivity index (χ4n) is 2.61. The first kappa shape index (κ1) is 14.7. The van der Waals surface area contributed by atoms with Crippen LogP contribution in [0.3, 0.4) is 0 Å². The maximum Gasteiger partial charge on any atom is 0.141 e. The average molecular weight is 328 g/mol. The number of anilines is 1. The van der Waals surface area contributed by atoms with E-state index < -0.39 is 0 Å². The highest BCUT2D eigenvalue weighted by Gasteiger charge is 2.29. The number of hydrogen-bond acceptors (Lipinski definition) is 4. The second-order valence-corrected chi connectivity index (χ2v) is 6.89.